The van der Waals surface area contributed by atoms with E-state index >= 15 is 0 Å². The van der Waals surface area contributed by atoms with E-state index in [1.54, 1.807) is 12.4 Å². The number of carbonyl (C=O) groups excluding carboxylic acids is 1. The SMILES string of the molecule is CC[C@H](NC(=O)CCCCOc1cccc(C)c1)c1ccncc1. The Balaban J connectivity index is 1.66. The van der Waals surface area contributed by atoms with Gasteiger partial charge in [0.1, 0.15) is 5.75 Å². The maximum Gasteiger partial charge on any atom is 0.220 e. The van der Waals surface area contributed by atoms with Crippen LogP contribution in [0.2, 0.25) is 0 Å². The van der Waals surface area contributed by atoms with Crippen LogP contribution in [0.15, 0.2) is 48.8 Å². The highest BCUT2D eigenvalue weighted by Crippen LogP contribution is 2.16. The van der Waals surface area contributed by atoms with Crippen LogP contribution in [-0.4, -0.2) is 17.5 Å². The summed E-state index contributed by atoms with van der Waals surface area (Å²) in [5, 5.41) is 3.09. The number of pyridine rings is 1. The third kappa shape index (κ3) is 6.03. The number of amides is 1. The molecule has 0 bridgehead atoms. The van der Waals surface area contributed by atoms with E-state index in [0.29, 0.717) is 13.0 Å². The molecule has 1 aromatic carbocycles. The molecule has 0 unspecified atom stereocenters. The standard InChI is InChI=1S/C20H26N2O2/c1-3-19(17-10-12-21-13-11-17)22-20(23)9-4-5-14-24-18-8-6-7-16(2)15-18/h6-8,10-13,15,19H,3-5,9,14H2,1-2H3,(H,22,23)/t19-/m0/s1. The summed E-state index contributed by atoms with van der Waals surface area (Å²) in [6.07, 6.45) is 6.60. The van der Waals surface area contributed by atoms with Crippen LogP contribution in [0.1, 0.15) is 49.8 Å². The van der Waals surface area contributed by atoms with Gasteiger partial charge >= 0.3 is 0 Å². The fraction of sp³-hybridized carbons (Fsp3) is 0.400. The summed E-state index contributed by atoms with van der Waals surface area (Å²) in [6.45, 7) is 4.75. The van der Waals surface area contributed by atoms with E-state index in [0.717, 1.165) is 30.6 Å². The molecule has 2 aromatic rings. The lowest BCUT2D eigenvalue weighted by atomic mass is 10.1. The molecule has 0 aliphatic carbocycles. The maximum absolute atomic E-state index is 12.1. The van der Waals surface area contributed by atoms with Crippen LogP contribution in [0.5, 0.6) is 5.75 Å². The summed E-state index contributed by atoms with van der Waals surface area (Å²) in [6, 6.07) is 12.0. The van der Waals surface area contributed by atoms with E-state index < -0.39 is 0 Å². The van der Waals surface area contributed by atoms with Crippen LogP contribution in [0, 0.1) is 6.92 Å². The van der Waals surface area contributed by atoms with Gasteiger partial charge in [0.05, 0.1) is 12.6 Å². The summed E-state index contributed by atoms with van der Waals surface area (Å²) in [4.78, 5) is 16.1. The average Bonchev–Trinajstić information content (AvgIpc) is 2.60. The van der Waals surface area contributed by atoms with E-state index in [-0.39, 0.29) is 11.9 Å². The number of aryl methyl sites for hydroxylation is 1. The smallest absolute Gasteiger partial charge is 0.220 e. The molecule has 4 nitrogen and oxygen atoms in total. The Morgan fingerprint density at radius 3 is 2.71 bits per heavy atom. The molecule has 128 valence electrons. The summed E-state index contributed by atoms with van der Waals surface area (Å²) in [5.74, 6) is 0.984. The number of ether oxygens (including phenoxy) is 1. The number of hydrogen-bond donors (Lipinski definition) is 1. The molecule has 1 heterocycles. The van der Waals surface area contributed by atoms with Gasteiger partial charge in [0.25, 0.3) is 0 Å². The van der Waals surface area contributed by atoms with Crippen molar-refractivity contribution in [2.75, 3.05) is 6.61 Å². The van der Waals surface area contributed by atoms with E-state index in [1.165, 1.54) is 5.56 Å². The van der Waals surface area contributed by atoms with Crippen molar-refractivity contribution in [2.45, 2.75) is 45.6 Å². The van der Waals surface area contributed by atoms with Gasteiger partial charge in [0, 0.05) is 18.8 Å². The van der Waals surface area contributed by atoms with Crippen molar-refractivity contribution in [3.8, 4) is 5.75 Å². The summed E-state index contributed by atoms with van der Waals surface area (Å²) < 4.78 is 5.70. The highest BCUT2D eigenvalue weighted by molar-refractivity contribution is 5.76. The average molecular weight is 326 g/mol. The second kappa shape index (κ2) is 9.71. The predicted octanol–water partition coefficient (Wildman–Crippen LogP) is 4.21. The number of rotatable bonds is 9. The predicted molar refractivity (Wildman–Crippen MR) is 95.9 cm³/mol. The van der Waals surface area contributed by atoms with Crippen LogP contribution in [-0.2, 0) is 4.79 Å². The highest BCUT2D eigenvalue weighted by Gasteiger charge is 2.12. The molecule has 1 aromatic heterocycles. The van der Waals surface area contributed by atoms with Crippen LogP contribution in [0.4, 0.5) is 0 Å². The van der Waals surface area contributed by atoms with Gasteiger partial charge in [-0.05, 0) is 61.6 Å². The molecule has 1 N–H and O–H groups in total. The zero-order valence-electron chi connectivity index (χ0n) is 14.5. The lowest BCUT2D eigenvalue weighted by Crippen LogP contribution is -2.27. The zero-order valence-corrected chi connectivity index (χ0v) is 14.5. The topological polar surface area (TPSA) is 51.2 Å². The van der Waals surface area contributed by atoms with Gasteiger partial charge in [-0.2, -0.15) is 0 Å². The van der Waals surface area contributed by atoms with Gasteiger partial charge in [-0.15, -0.1) is 0 Å². The molecule has 2 rings (SSSR count). The van der Waals surface area contributed by atoms with Crippen molar-refractivity contribution in [3.05, 3.63) is 59.9 Å². The highest BCUT2D eigenvalue weighted by atomic mass is 16.5. The Morgan fingerprint density at radius 2 is 2.00 bits per heavy atom. The van der Waals surface area contributed by atoms with Gasteiger partial charge < -0.3 is 10.1 Å². The number of nitrogens with zero attached hydrogens (tertiary/aromatic N) is 1. The number of carbonyl (C=O) groups is 1. The van der Waals surface area contributed by atoms with E-state index in [4.69, 9.17) is 4.74 Å². The molecule has 24 heavy (non-hydrogen) atoms. The van der Waals surface area contributed by atoms with Gasteiger partial charge in [-0.1, -0.05) is 19.1 Å². The van der Waals surface area contributed by atoms with Crippen LogP contribution < -0.4 is 10.1 Å². The minimum Gasteiger partial charge on any atom is -0.494 e. The van der Waals surface area contributed by atoms with E-state index in [1.807, 2.05) is 43.3 Å². The molecular formula is C20H26N2O2. The second-order valence-corrected chi connectivity index (χ2v) is 5.93. The molecule has 0 fully saturated rings. The second-order valence-electron chi connectivity index (χ2n) is 5.93. The maximum atomic E-state index is 12.1. The van der Waals surface area contributed by atoms with E-state index in [9.17, 15) is 4.79 Å². The van der Waals surface area contributed by atoms with E-state index in [2.05, 4.69) is 17.2 Å². The number of nitrogens with one attached hydrogen (secondary N) is 1. The summed E-state index contributed by atoms with van der Waals surface area (Å²) in [5.41, 5.74) is 2.29. The minimum atomic E-state index is 0.0593. The normalized spacial score (nSPS) is 11.8. The Morgan fingerprint density at radius 1 is 1.21 bits per heavy atom. The molecule has 0 aliphatic rings. The van der Waals surface area contributed by atoms with Gasteiger partial charge in [0.2, 0.25) is 5.91 Å². The van der Waals surface area contributed by atoms with Crippen LogP contribution in [0.25, 0.3) is 0 Å². The van der Waals surface area contributed by atoms with Gasteiger partial charge in [-0.3, -0.25) is 9.78 Å². The Bertz CT molecular complexity index is 629. The van der Waals surface area contributed by atoms with Gasteiger partial charge in [-0.25, -0.2) is 0 Å². The lowest BCUT2D eigenvalue weighted by molar-refractivity contribution is -0.122. The molecular weight excluding hydrogens is 300 g/mol. The molecule has 1 amide bonds. The Hall–Kier alpha value is -2.36. The third-order valence-electron chi connectivity index (χ3n) is 3.91. The number of aromatic nitrogens is 1. The van der Waals surface area contributed by atoms with Gasteiger partial charge in [0.15, 0.2) is 0 Å². The molecule has 0 aliphatic heterocycles. The quantitative estimate of drug-likeness (QED) is 0.702. The summed E-state index contributed by atoms with van der Waals surface area (Å²) >= 11 is 0. The first-order valence-electron chi connectivity index (χ1n) is 8.57. The largest absolute Gasteiger partial charge is 0.494 e. The van der Waals surface area contributed by atoms with Crippen molar-refractivity contribution < 1.29 is 9.53 Å². The first kappa shape index (κ1) is 18.0. The first-order chi connectivity index (χ1) is 11.7. The van der Waals surface area contributed by atoms with Crippen LogP contribution >= 0.6 is 0 Å². The molecule has 4 heteroatoms. The monoisotopic (exact) mass is 326 g/mol. The molecule has 1 atom stereocenters. The van der Waals surface area contributed by atoms with Crippen molar-refractivity contribution in [1.82, 2.24) is 10.3 Å². The first-order valence-corrected chi connectivity index (χ1v) is 8.57. The Labute approximate surface area is 144 Å². The molecule has 0 spiro atoms. The number of benzene rings is 1. The zero-order chi connectivity index (χ0) is 17.2. The van der Waals surface area contributed by atoms with Crippen molar-refractivity contribution >= 4 is 5.91 Å². The van der Waals surface area contributed by atoms with Crippen molar-refractivity contribution in [2.24, 2.45) is 0 Å². The Kier molecular flexibility index (Phi) is 7.27. The van der Waals surface area contributed by atoms with Crippen molar-refractivity contribution in [1.29, 1.82) is 0 Å². The number of unbranched alkanes of at least 4 members (excludes halogenated alkanes) is 1. The van der Waals surface area contributed by atoms with Crippen molar-refractivity contribution in [3.63, 3.8) is 0 Å². The molecule has 0 saturated heterocycles. The minimum absolute atomic E-state index is 0.0593. The lowest BCUT2D eigenvalue weighted by Gasteiger charge is -2.17. The summed E-state index contributed by atoms with van der Waals surface area (Å²) in [7, 11) is 0. The third-order valence-corrected chi connectivity index (χ3v) is 3.91. The fourth-order valence-corrected chi connectivity index (χ4v) is 2.57. The fourth-order valence-electron chi connectivity index (χ4n) is 2.57. The molecule has 0 saturated carbocycles. The number of hydrogen-bond acceptors (Lipinski definition) is 3. The van der Waals surface area contributed by atoms with Crippen LogP contribution in [0.3, 0.4) is 0 Å². The molecule has 0 radical (unpaired) electrons.